The summed E-state index contributed by atoms with van der Waals surface area (Å²) in [6.45, 7) is 8.68. The number of pyridine rings is 1. The third kappa shape index (κ3) is 4.44. The van der Waals surface area contributed by atoms with Crippen molar-refractivity contribution in [2.24, 2.45) is 0 Å². The molecule has 4 rings (SSSR count). The first-order valence-corrected chi connectivity index (χ1v) is 12.4. The van der Waals surface area contributed by atoms with Gasteiger partial charge in [-0.15, -0.1) is 0 Å². The fourth-order valence-electron chi connectivity index (χ4n) is 3.93. The molecule has 0 spiro atoms. The van der Waals surface area contributed by atoms with Gasteiger partial charge in [0.05, 0.1) is 22.4 Å². The molecule has 0 aliphatic heterocycles. The topological polar surface area (TPSA) is 65.4 Å². The zero-order valence-electron chi connectivity index (χ0n) is 19.3. The number of aromatic nitrogens is 1. The molecule has 0 N–H and O–H groups in total. The Bertz CT molecular complexity index is 1500. The maximum atomic E-state index is 13.5. The van der Waals surface area contributed by atoms with Crippen molar-refractivity contribution in [1.82, 2.24) is 4.57 Å². The second kappa shape index (κ2) is 8.87. The van der Waals surface area contributed by atoms with E-state index >= 15 is 0 Å². The number of rotatable bonds is 6. The molecule has 0 bridgehead atoms. The van der Waals surface area contributed by atoms with E-state index < -0.39 is 15.3 Å². The van der Waals surface area contributed by atoms with Gasteiger partial charge in [0.1, 0.15) is 10.6 Å². The zero-order chi connectivity index (χ0) is 23.8. The minimum Gasteiger partial charge on any atom is -0.494 e. The monoisotopic (exact) mass is 461 g/mol. The summed E-state index contributed by atoms with van der Waals surface area (Å²) in [6.07, 6.45) is 1.47. The van der Waals surface area contributed by atoms with Crippen molar-refractivity contribution in [3.63, 3.8) is 0 Å². The van der Waals surface area contributed by atoms with Crippen LogP contribution in [0.1, 0.15) is 29.2 Å². The van der Waals surface area contributed by atoms with Gasteiger partial charge in [-0.3, -0.25) is 4.79 Å². The molecule has 5 nitrogen and oxygen atoms in total. The number of sulfone groups is 1. The van der Waals surface area contributed by atoms with E-state index in [2.05, 4.69) is 6.07 Å². The second-order valence-electron chi connectivity index (χ2n) is 8.31. The van der Waals surface area contributed by atoms with Crippen molar-refractivity contribution in [3.8, 4) is 5.75 Å². The third-order valence-corrected chi connectivity index (χ3v) is 7.56. The SMILES string of the molecule is CCOc1ccc2c(c1)c(=O)c(S(=O)(=O)c1ccc(C)cc1)cn2Cc1cc(C)ccc1C. The molecule has 0 unspecified atom stereocenters. The highest BCUT2D eigenvalue weighted by Crippen LogP contribution is 2.25. The van der Waals surface area contributed by atoms with Gasteiger partial charge in [0.25, 0.3) is 0 Å². The lowest BCUT2D eigenvalue weighted by molar-refractivity contribution is 0.340. The van der Waals surface area contributed by atoms with Gasteiger partial charge in [-0.2, -0.15) is 0 Å². The van der Waals surface area contributed by atoms with Crippen LogP contribution in [0, 0.1) is 20.8 Å². The molecule has 0 saturated carbocycles. The fourth-order valence-corrected chi connectivity index (χ4v) is 5.30. The molecule has 0 fully saturated rings. The smallest absolute Gasteiger partial charge is 0.211 e. The minimum atomic E-state index is -4.01. The van der Waals surface area contributed by atoms with Gasteiger partial charge < -0.3 is 9.30 Å². The number of nitrogens with zero attached hydrogens (tertiary/aromatic N) is 1. The lowest BCUT2D eigenvalue weighted by Crippen LogP contribution is -2.20. The highest BCUT2D eigenvalue weighted by Gasteiger charge is 2.24. The highest BCUT2D eigenvalue weighted by molar-refractivity contribution is 7.91. The largest absolute Gasteiger partial charge is 0.494 e. The van der Waals surface area contributed by atoms with Crippen LogP contribution in [0.5, 0.6) is 5.75 Å². The Morgan fingerprint density at radius 2 is 1.58 bits per heavy atom. The van der Waals surface area contributed by atoms with E-state index in [9.17, 15) is 13.2 Å². The third-order valence-electron chi connectivity index (χ3n) is 5.80. The molecule has 0 radical (unpaired) electrons. The Morgan fingerprint density at radius 1 is 0.879 bits per heavy atom. The molecular formula is C27H27NO4S. The van der Waals surface area contributed by atoms with Gasteiger partial charge in [0.15, 0.2) is 0 Å². The summed E-state index contributed by atoms with van der Waals surface area (Å²) in [5.41, 5.74) is 4.36. The van der Waals surface area contributed by atoms with E-state index in [0.717, 1.165) is 22.3 Å². The van der Waals surface area contributed by atoms with Gasteiger partial charge in [-0.25, -0.2) is 8.42 Å². The van der Waals surface area contributed by atoms with Crippen molar-refractivity contribution in [1.29, 1.82) is 0 Å². The van der Waals surface area contributed by atoms with Crippen molar-refractivity contribution in [3.05, 3.63) is 99.3 Å². The summed E-state index contributed by atoms with van der Waals surface area (Å²) in [5, 5.41) is 0.319. The van der Waals surface area contributed by atoms with Crippen molar-refractivity contribution in [2.45, 2.75) is 44.0 Å². The maximum absolute atomic E-state index is 13.5. The Balaban J connectivity index is 1.98. The molecule has 33 heavy (non-hydrogen) atoms. The maximum Gasteiger partial charge on any atom is 0.211 e. The number of aryl methyl sites for hydroxylation is 3. The predicted molar refractivity (Wildman–Crippen MR) is 131 cm³/mol. The molecule has 1 aromatic heterocycles. The van der Waals surface area contributed by atoms with Crippen LogP contribution in [0.15, 0.2) is 81.4 Å². The molecule has 0 amide bonds. The summed E-state index contributed by atoms with van der Waals surface area (Å²) < 4.78 is 34.4. The van der Waals surface area contributed by atoms with Crippen molar-refractivity contribution >= 4 is 20.7 Å². The molecule has 0 atom stereocenters. The van der Waals surface area contributed by atoms with Crippen LogP contribution in [-0.4, -0.2) is 19.6 Å². The molecule has 3 aromatic carbocycles. The Kier molecular flexibility index (Phi) is 6.13. The van der Waals surface area contributed by atoms with Gasteiger partial charge in [0, 0.05) is 12.7 Å². The number of hydrogen-bond donors (Lipinski definition) is 0. The molecule has 6 heteroatoms. The lowest BCUT2D eigenvalue weighted by Gasteiger charge is -2.16. The predicted octanol–water partition coefficient (Wildman–Crippen LogP) is 5.21. The average Bonchev–Trinajstić information content (AvgIpc) is 2.78. The summed E-state index contributed by atoms with van der Waals surface area (Å²) >= 11 is 0. The number of ether oxygens (including phenoxy) is 1. The Labute approximate surface area is 194 Å². The van der Waals surface area contributed by atoms with E-state index in [1.807, 2.05) is 50.5 Å². The van der Waals surface area contributed by atoms with Crippen molar-refractivity contribution < 1.29 is 13.2 Å². The summed E-state index contributed by atoms with van der Waals surface area (Å²) in [4.78, 5) is 13.3. The highest BCUT2D eigenvalue weighted by atomic mass is 32.2. The standard InChI is InChI=1S/C27H27NO4S/c1-5-32-22-10-13-25-24(15-22)27(29)26(33(30,31)23-11-7-18(2)8-12-23)17-28(25)16-21-14-19(3)6-9-20(21)4/h6-15,17H,5,16H2,1-4H3. The van der Waals surface area contributed by atoms with Crippen LogP contribution >= 0.6 is 0 Å². The van der Waals surface area contributed by atoms with Gasteiger partial charge in [-0.1, -0.05) is 41.5 Å². The Morgan fingerprint density at radius 3 is 2.27 bits per heavy atom. The van der Waals surface area contributed by atoms with Crippen LogP contribution in [0.3, 0.4) is 0 Å². The normalized spacial score (nSPS) is 11.6. The fraction of sp³-hybridized carbons (Fsp3) is 0.222. The molecule has 0 saturated heterocycles. The number of fused-ring (bicyclic) bond motifs is 1. The Hall–Kier alpha value is -3.38. The van der Waals surface area contributed by atoms with Crippen LogP contribution in [0.25, 0.3) is 10.9 Å². The van der Waals surface area contributed by atoms with E-state index in [4.69, 9.17) is 4.74 Å². The number of hydrogen-bond acceptors (Lipinski definition) is 4. The first-order valence-electron chi connectivity index (χ1n) is 10.9. The van der Waals surface area contributed by atoms with Crippen LogP contribution in [0.2, 0.25) is 0 Å². The number of benzene rings is 3. The first-order chi connectivity index (χ1) is 15.7. The molecule has 0 aliphatic carbocycles. The molecule has 4 aromatic rings. The lowest BCUT2D eigenvalue weighted by atomic mass is 10.1. The minimum absolute atomic E-state index is 0.101. The van der Waals surface area contributed by atoms with Crippen molar-refractivity contribution in [2.75, 3.05) is 6.61 Å². The van der Waals surface area contributed by atoms with E-state index in [-0.39, 0.29) is 9.79 Å². The van der Waals surface area contributed by atoms with Gasteiger partial charge >= 0.3 is 0 Å². The molecule has 170 valence electrons. The van der Waals surface area contributed by atoms with Crippen LogP contribution in [0.4, 0.5) is 0 Å². The molecule has 1 heterocycles. The van der Waals surface area contributed by atoms with E-state index in [0.29, 0.717) is 29.8 Å². The zero-order valence-corrected chi connectivity index (χ0v) is 20.1. The van der Waals surface area contributed by atoms with E-state index in [1.54, 1.807) is 36.4 Å². The second-order valence-corrected chi connectivity index (χ2v) is 10.2. The quantitative estimate of drug-likeness (QED) is 0.396. The average molecular weight is 462 g/mol. The van der Waals surface area contributed by atoms with E-state index in [1.165, 1.54) is 6.20 Å². The summed E-state index contributed by atoms with van der Waals surface area (Å²) in [5.74, 6) is 0.533. The molecule has 0 aliphatic rings. The van der Waals surface area contributed by atoms with Crippen LogP contribution in [-0.2, 0) is 16.4 Å². The van der Waals surface area contributed by atoms with Gasteiger partial charge in [0.2, 0.25) is 15.3 Å². The molecular weight excluding hydrogens is 434 g/mol. The van der Waals surface area contributed by atoms with Crippen LogP contribution < -0.4 is 10.2 Å². The summed E-state index contributed by atoms with van der Waals surface area (Å²) in [6, 6.07) is 18.0. The first kappa shape index (κ1) is 22.8. The van der Waals surface area contributed by atoms with Gasteiger partial charge in [-0.05, 0) is 69.2 Å². The summed E-state index contributed by atoms with van der Waals surface area (Å²) in [7, 11) is -4.01.